The van der Waals surface area contributed by atoms with Gasteiger partial charge >= 0.3 is 0 Å². The van der Waals surface area contributed by atoms with Gasteiger partial charge in [-0.15, -0.1) is 11.3 Å². The number of aromatic nitrogens is 3. The number of thiophene rings is 1. The molecule has 0 aliphatic carbocycles. The largest absolute Gasteiger partial charge is 0.310 e. The number of rotatable bonds is 6. The van der Waals surface area contributed by atoms with Crippen LogP contribution in [0.25, 0.3) is 15.9 Å². The topological polar surface area (TPSA) is 92.7 Å². The van der Waals surface area contributed by atoms with Gasteiger partial charge in [-0.05, 0) is 56.0 Å². The Morgan fingerprint density at radius 1 is 1.33 bits per heavy atom. The van der Waals surface area contributed by atoms with E-state index < -0.39 is 5.82 Å². The fourth-order valence-electron chi connectivity index (χ4n) is 3.61. The molecule has 7 nitrogen and oxygen atoms in total. The molecule has 3 heterocycles. The standard InChI is InChI=1S/C23H20FN5O2S2/c1-4-28-22(31)20-18(8-9-32-20)26-23(28)33-12-19(30)27-21-17(11-25)13(2)14(3)29(21)16-7-5-6-15(24)10-16/h5-10H,4,12H2,1-3H3,(H,27,30). The zero-order valence-corrected chi connectivity index (χ0v) is 19.8. The van der Waals surface area contributed by atoms with Gasteiger partial charge in [-0.1, -0.05) is 17.8 Å². The Morgan fingerprint density at radius 2 is 2.12 bits per heavy atom. The van der Waals surface area contributed by atoms with Crippen molar-refractivity contribution >= 4 is 45.0 Å². The van der Waals surface area contributed by atoms with Crippen molar-refractivity contribution in [2.75, 3.05) is 11.1 Å². The number of nitriles is 1. The third-order valence-corrected chi connectivity index (χ3v) is 7.20. The quantitative estimate of drug-likeness (QED) is 0.320. The highest BCUT2D eigenvalue weighted by atomic mass is 32.2. The summed E-state index contributed by atoms with van der Waals surface area (Å²) >= 11 is 2.49. The maximum absolute atomic E-state index is 13.9. The Labute approximate surface area is 197 Å². The first-order chi connectivity index (χ1) is 15.8. The second-order valence-corrected chi connectivity index (χ2v) is 9.14. The molecule has 10 heteroatoms. The van der Waals surface area contributed by atoms with E-state index in [4.69, 9.17) is 0 Å². The van der Waals surface area contributed by atoms with Gasteiger partial charge in [0.15, 0.2) is 5.16 Å². The molecule has 0 atom stereocenters. The van der Waals surface area contributed by atoms with E-state index in [9.17, 15) is 19.2 Å². The van der Waals surface area contributed by atoms with Gasteiger partial charge in [0, 0.05) is 12.2 Å². The molecule has 1 amide bonds. The molecule has 1 aromatic carbocycles. The van der Waals surface area contributed by atoms with E-state index in [2.05, 4.69) is 16.4 Å². The van der Waals surface area contributed by atoms with E-state index in [0.717, 1.165) is 17.5 Å². The van der Waals surface area contributed by atoms with E-state index in [0.29, 0.717) is 38.7 Å². The van der Waals surface area contributed by atoms with Crippen LogP contribution in [0.15, 0.2) is 45.7 Å². The summed E-state index contributed by atoms with van der Waals surface area (Å²) in [4.78, 5) is 30.1. The van der Waals surface area contributed by atoms with Crippen molar-refractivity contribution < 1.29 is 9.18 Å². The number of thioether (sulfide) groups is 1. The molecular formula is C23H20FN5O2S2. The summed E-state index contributed by atoms with van der Waals surface area (Å²) in [5.41, 5.74) is 2.73. The Kier molecular flexibility index (Phi) is 6.35. The summed E-state index contributed by atoms with van der Waals surface area (Å²) in [5, 5.41) is 14.8. The van der Waals surface area contributed by atoms with Crippen LogP contribution < -0.4 is 10.9 Å². The summed E-state index contributed by atoms with van der Waals surface area (Å²) in [6.45, 7) is 5.88. The van der Waals surface area contributed by atoms with E-state index in [1.807, 2.05) is 19.2 Å². The summed E-state index contributed by atoms with van der Waals surface area (Å²) in [6, 6.07) is 9.88. The molecule has 0 saturated carbocycles. The molecule has 0 aliphatic rings. The number of fused-ring (bicyclic) bond motifs is 1. The Balaban J connectivity index is 1.64. The molecule has 168 valence electrons. The summed E-state index contributed by atoms with van der Waals surface area (Å²) in [6.07, 6.45) is 0. The van der Waals surface area contributed by atoms with Gasteiger partial charge in [-0.3, -0.25) is 18.7 Å². The first-order valence-electron chi connectivity index (χ1n) is 10.1. The number of hydrogen-bond acceptors (Lipinski definition) is 6. The number of carbonyl (C=O) groups is 1. The lowest BCUT2D eigenvalue weighted by Crippen LogP contribution is -2.23. The van der Waals surface area contributed by atoms with Crippen molar-refractivity contribution in [1.29, 1.82) is 5.26 Å². The molecule has 0 fully saturated rings. The Morgan fingerprint density at radius 3 is 2.82 bits per heavy atom. The van der Waals surface area contributed by atoms with Crippen molar-refractivity contribution in [2.24, 2.45) is 0 Å². The molecule has 0 bridgehead atoms. The van der Waals surface area contributed by atoms with Crippen LogP contribution >= 0.6 is 23.1 Å². The van der Waals surface area contributed by atoms with Crippen LogP contribution in [0.1, 0.15) is 23.7 Å². The summed E-state index contributed by atoms with van der Waals surface area (Å²) in [5.74, 6) is -0.511. The maximum atomic E-state index is 13.9. The predicted molar refractivity (Wildman–Crippen MR) is 129 cm³/mol. The zero-order valence-electron chi connectivity index (χ0n) is 18.2. The minimum atomic E-state index is -0.419. The third-order valence-electron chi connectivity index (χ3n) is 5.33. The number of hydrogen-bond donors (Lipinski definition) is 1. The van der Waals surface area contributed by atoms with Crippen LogP contribution in [0.4, 0.5) is 10.2 Å². The predicted octanol–water partition coefficient (Wildman–Crippen LogP) is 4.63. The van der Waals surface area contributed by atoms with Crippen LogP contribution in [0, 0.1) is 31.0 Å². The summed E-state index contributed by atoms with van der Waals surface area (Å²) < 4.78 is 17.7. The molecule has 0 unspecified atom stereocenters. The van der Waals surface area contributed by atoms with Gasteiger partial charge in [0.2, 0.25) is 5.91 Å². The van der Waals surface area contributed by atoms with Gasteiger partial charge in [0.05, 0.1) is 22.5 Å². The highest BCUT2D eigenvalue weighted by Gasteiger charge is 2.21. The number of benzene rings is 1. The van der Waals surface area contributed by atoms with Gasteiger partial charge < -0.3 is 5.32 Å². The number of nitrogens with one attached hydrogen (secondary N) is 1. The summed E-state index contributed by atoms with van der Waals surface area (Å²) in [7, 11) is 0. The second-order valence-electron chi connectivity index (χ2n) is 7.28. The van der Waals surface area contributed by atoms with Gasteiger partial charge in [0.25, 0.3) is 5.56 Å². The number of anilines is 1. The molecule has 0 aliphatic heterocycles. The lowest BCUT2D eigenvalue weighted by Gasteiger charge is -2.14. The van der Waals surface area contributed by atoms with E-state index in [-0.39, 0.29) is 23.0 Å². The third kappa shape index (κ3) is 4.17. The zero-order chi connectivity index (χ0) is 23.7. The molecule has 0 saturated heterocycles. The van der Waals surface area contributed by atoms with Gasteiger partial charge in [0.1, 0.15) is 22.4 Å². The highest BCUT2D eigenvalue weighted by Crippen LogP contribution is 2.30. The maximum Gasteiger partial charge on any atom is 0.272 e. The fraction of sp³-hybridized carbons (Fsp3) is 0.217. The lowest BCUT2D eigenvalue weighted by atomic mass is 10.2. The molecule has 4 rings (SSSR count). The average Bonchev–Trinajstić information content (AvgIpc) is 3.35. The van der Waals surface area contributed by atoms with Crippen LogP contribution in [0.2, 0.25) is 0 Å². The number of carbonyl (C=O) groups excluding carboxylic acids is 1. The molecule has 0 spiro atoms. The monoisotopic (exact) mass is 481 g/mol. The first-order valence-corrected chi connectivity index (χ1v) is 12.0. The highest BCUT2D eigenvalue weighted by molar-refractivity contribution is 7.99. The van der Waals surface area contributed by atoms with E-state index in [1.165, 1.54) is 23.5 Å². The Hall–Kier alpha value is -3.42. The van der Waals surface area contributed by atoms with E-state index >= 15 is 0 Å². The minimum absolute atomic E-state index is 0.0145. The lowest BCUT2D eigenvalue weighted by molar-refractivity contribution is -0.113. The van der Waals surface area contributed by atoms with Crippen LogP contribution in [0.3, 0.4) is 0 Å². The molecule has 3 aromatic heterocycles. The second kappa shape index (κ2) is 9.21. The van der Waals surface area contributed by atoms with Crippen molar-refractivity contribution in [3.8, 4) is 11.8 Å². The molecule has 0 radical (unpaired) electrons. The van der Waals surface area contributed by atoms with Crippen molar-refractivity contribution in [1.82, 2.24) is 14.1 Å². The molecule has 4 aromatic rings. The number of halogens is 1. The number of nitrogens with zero attached hydrogens (tertiary/aromatic N) is 4. The SMILES string of the molecule is CCn1c(SCC(=O)Nc2c(C#N)c(C)c(C)n2-c2cccc(F)c2)nc2ccsc2c1=O. The van der Waals surface area contributed by atoms with E-state index in [1.54, 1.807) is 34.3 Å². The molecule has 1 N–H and O–H groups in total. The van der Waals surface area contributed by atoms with Crippen molar-refractivity contribution in [2.45, 2.75) is 32.5 Å². The first kappa shape index (κ1) is 22.8. The average molecular weight is 482 g/mol. The van der Waals surface area contributed by atoms with Gasteiger partial charge in [-0.2, -0.15) is 5.26 Å². The smallest absolute Gasteiger partial charge is 0.272 e. The Bertz CT molecular complexity index is 1480. The van der Waals surface area contributed by atoms with Crippen LogP contribution in [-0.2, 0) is 11.3 Å². The van der Waals surface area contributed by atoms with Crippen LogP contribution in [0.5, 0.6) is 0 Å². The fourth-order valence-corrected chi connectivity index (χ4v) is 5.25. The van der Waals surface area contributed by atoms with Crippen molar-refractivity contribution in [3.63, 3.8) is 0 Å². The normalized spacial score (nSPS) is 11.0. The van der Waals surface area contributed by atoms with Crippen molar-refractivity contribution in [3.05, 3.63) is 68.7 Å². The van der Waals surface area contributed by atoms with Gasteiger partial charge in [-0.25, -0.2) is 9.37 Å². The minimum Gasteiger partial charge on any atom is -0.310 e. The molecule has 33 heavy (non-hydrogen) atoms. The molecular weight excluding hydrogens is 461 g/mol. The number of amides is 1. The van der Waals surface area contributed by atoms with Crippen LogP contribution in [-0.4, -0.2) is 25.8 Å².